The lowest BCUT2D eigenvalue weighted by molar-refractivity contribution is 1.25. The average molecular weight is 245 g/mol. The first-order chi connectivity index (χ1) is 6.57. The van der Waals surface area contributed by atoms with Crippen LogP contribution in [0.25, 0.3) is 10.8 Å². The molecule has 0 aliphatic heterocycles. The second-order valence-corrected chi connectivity index (χ2v) is 5.25. The number of alkyl halides is 3. The van der Waals surface area contributed by atoms with Crippen molar-refractivity contribution in [2.24, 2.45) is 0 Å². The third-order valence-electron chi connectivity index (χ3n) is 1.99. The van der Waals surface area contributed by atoms with Crippen LogP contribution in [-0.2, 0) is 3.79 Å². The quantitative estimate of drug-likeness (QED) is 0.600. The molecule has 0 heterocycles. The first kappa shape index (κ1) is 10.1. The van der Waals surface area contributed by atoms with Crippen molar-refractivity contribution in [2.75, 3.05) is 0 Å². The monoisotopic (exact) mass is 243 g/mol. The summed E-state index contributed by atoms with van der Waals surface area (Å²) in [5.74, 6) is 0. The van der Waals surface area contributed by atoms with Crippen molar-refractivity contribution in [3.8, 4) is 0 Å². The molecule has 2 aromatic rings. The highest BCUT2D eigenvalue weighted by atomic mass is 35.6. The predicted molar refractivity (Wildman–Crippen MR) is 62.0 cm³/mol. The van der Waals surface area contributed by atoms with Crippen LogP contribution in [-0.4, -0.2) is 0 Å². The second kappa shape index (κ2) is 3.62. The summed E-state index contributed by atoms with van der Waals surface area (Å²) in [6, 6.07) is 14.4. The molecule has 14 heavy (non-hydrogen) atoms. The molecule has 71 valence electrons. The fraction of sp³-hybridized carbons (Fsp3) is 0.0909. The van der Waals surface area contributed by atoms with Crippen molar-refractivity contribution in [2.45, 2.75) is 3.79 Å². The summed E-state index contributed by atoms with van der Waals surface area (Å²) in [4.78, 5) is 0. The molecule has 0 amide bonds. The average Bonchev–Trinajstić information content (AvgIpc) is 2.16. The van der Waals surface area contributed by atoms with Crippen molar-refractivity contribution in [1.82, 2.24) is 0 Å². The van der Waals surface area contributed by atoms with Gasteiger partial charge in [0.1, 0.15) is 0 Å². The fourth-order valence-corrected chi connectivity index (χ4v) is 1.65. The van der Waals surface area contributed by atoms with Gasteiger partial charge in [-0.3, -0.25) is 0 Å². The molecule has 2 aromatic carbocycles. The van der Waals surface area contributed by atoms with Gasteiger partial charge < -0.3 is 0 Å². The summed E-state index contributed by atoms with van der Waals surface area (Å²) in [7, 11) is 0. The van der Waals surface area contributed by atoms with E-state index in [-0.39, 0.29) is 0 Å². The fourth-order valence-electron chi connectivity index (χ4n) is 1.30. The molecule has 0 N–H and O–H groups in total. The highest BCUT2D eigenvalue weighted by Gasteiger charge is 2.22. The third kappa shape index (κ3) is 1.98. The number of fused-ring (bicyclic) bond motifs is 1. The first-order valence-corrected chi connectivity index (χ1v) is 5.18. The Balaban J connectivity index is 2.63. The van der Waals surface area contributed by atoms with Crippen LogP contribution in [0.5, 0.6) is 0 Å². The topological polar surface area (TPSA) is 0 Å². The van der Waals surface area contributed by atoms with Gasteiger partial charge in [-0.25, -0.2) is 0 Å². The molecule has 0 aliphatic rings. The Hall–Kier alpha value is -0.430. The van der Waals surface area contributed by atoms with Gasteiger partial charge in [0.05, 0.1) is 0 Å². The zero-order valence-electron chi connectivity index (χ0n) is 7.10. The van der Waals surface area contributed by atoms with Gasteiger partial charge in [0, 0.05) is 5.56 Å². The van der Waals surface area contributed by atoms with E-state index in [1.165, 1.54) is 0 Å². The highest BCUT2D eigenvalue weighted by molar-refractivity contribution is 6.66. The minimum absolute atomic E-state index is 0.676. The molecule has 1 radical (unpaired) electrons. The molecule has 2 rings (SSSR count). The van der Waals surface area contributed by atoms with Crippen LogP contribution in [0.4, 0.5) is 0 Å². The molecular weight excluding hydrogens is 238 g/mol. The molecule has 0 spiro atoms. The van der Waals surface area contributed by atoms with Gasteiger partial charge in [-0.15, -0.1) is 0 Å². The van der Waals surface area contributed by atoms with E-state index in [1.54, 1.807) is 6.07 Å². The van der Waals surface area contributed by atoms with Crippen LogP contribution in [0, 0.1) is 6.07 Å². The van der Waals surface area contributed by atoms with Crippen molar-refractivity contribution in [1.29, 1.82) is 0 Å². The van der Waals surface area contributed by atoms with Crippen LogP contribution in [0.1, 0.15) is 5.56 Å². The highest BCUT2D eigenvalue weighted by Crippen LogP contribution is 2.39. The Morgan fingerprint density at radius 3 is 2.57 bits per heavy atom. The maximum atomic E-state index is 5.78. The number of hydrogen-bond donors (Lipinski definition) is 0. The lowest BCUT2D eigenvalue weighted by Crippen LogP contribution is -1.98. The summed E-state index contributed by atoms with van der Waals surface area (Å²) < 4.78 is -1.36. The van der Waals surface area contributed by atoms with Gasteiger partial charge in [-0.05, 0) is 22.9 Å². The Bertz CT molecular complexity index is 457. The SMILES string of the molecule is ClC(Cl)(Cl)c1ccc2[c]cccc2c1. The van der Waals surface area contributed by atoms with Crippen molar-refractivity contribution in [3.63, 3.8) is 0 Å². The zero-order valence-corrected chi connectivity index (χ0v) is 9.37. The molecule has 0 aliphatic carbocycles. The maximum absolute atomic E-state index is 5.78. The number of benzene rings is 2. The zero-order chi connectivity index (χ0) is 10.2. The summed E-state index contributed by atoms with van der Waals surface area (Å²) >= 11 is 17.3. The predicted octanol–water partition coefficient (Wildman–Crippen LogP) is 4.47. The molecular formula is C11H6Cl3. The molecule has 0 bridgehead atoms. The van der Waals surface area contributed by atoms with Crippen LogP contribution >= 0.6 is 34.8 Å². The lowest BCUT2D eigenvalue weighted by atomic mass is 10.1. The van der Waals surface area contributed by atoms with Crippen LogP contribution in [0.2, 0.25) is 0 Å². The molecule has 0 saturated carbocycles. The number of hydrogen-bond acceptors (Lipinski definition) is 0. The van der Waals surface area contributed by atoms with E-state index < -0.39 is 3.79 Å². The smallest absolute Gasteiger partial charge is 0.0784 e. The van der Waals surface area contributed by atoms with Crippen molar-refractivity contribution in [3.05, 3.63) is 48.0 Å². The minimum atomic E-state index is -1.36. The van der Waals surface area contributed by atoms with Crippen LogP contribution in [0.3, 0.4) is 0 Å². The van der Waals surface area contributed by atoms with Gasteiger partial charge in [0.15, 0.2) is 0 Å². The van der Waals surface area contributed by atoms with E-state index in [0.717, 1.165) is 10.8 Å². The molecule has 0 saturated heterocycles. The third-order valence-corrected chi connectivity index (χ3v) is 2.64. The van der Waals surface area contributed by atoms with Gasteiger partial charge in [0.25, 0.3) is 0 Å². The van der Waals surface area contributed by atoms with Gasteiger partial charge in [-0.2, -0.15) is 0 Å². The lowest BCUT2D eigenvalue weighted by Gasteiger charge is -2.11. The van der Waals surface area contributed by atoms with E-state index in [1.807, 2.05) is 30.3 Å². The van der Waals surface area contributed by atoms with E-state index in [0.29, 0.717) is 5.56 Å². The molecule has 0 unspecified atom stereocenters. The molecule has 3 heteroatoms. The van der Waals surface area contributed by atoms with E-state index in [4.69, 9.17) is 34.8 Å². The summed E-state index contributed by atoms with van der Waals surface area (Å²) in [6.45, 7) is 0. The first-order valence-electron chi connectivity index (χ1n) is 4.05. The number of halogens is 3. The summed E-state index contributed by atoms with van der Waals surface area (Å²) in [6.07, 6.45) is 0. The summed E-state index contributed by atoms with van der Waals surface area (Å²) in [5, 5.41) is 2.04. The Labute approximate surface area is 97.4 Å². The second-order valence-electron chi connectivity index (χ2n) is 2.97. The Kier molecular flexibility index (Phi) is 2.61. The van der Waals surface area contributed by atoms with E-state index in [2.05, 4.69) is 6.07 Å². The van der Waals surface area contributed by atoms with Crippen molar-refractivity contribution >= 4 is 45.6 Å². The molecule has 0 atom stereocenters. The van der Waals surface area contributed by atoms with Crippen LogP contribution in [0.15, 0.2) is 36.4 Å². The largest absolute Gasteiger partial charge is 0.216 e. The Morgan fingerprint density at radius 1 is 1.07 bits per heavy atom. The molecule has 0 aromatic heterocycles. The summed E-state index contributed by atoms with van der Waals surface area (Å²) in [5.41, 5.74) is 0.676. The molecule has 0 nitrogen and oxygen atoms in total. The van der Waals surface area contributed by atoms with Crippen molar-refractivity contribution < 1.29 is 0 Å². The normalized spacial score (nSPS) is 11.9. The van der Waals surface area contributed by atoms with Gasteiger partial charge in [0.2, 0.25) is 3.79 Å². The van der Waals surface area contributed by atoms with Gasteiger partial charge in [-0.1, -0.05) is 65.1 Å². The maximum Gasteiger partial charge on any atom is 0.216 e. The molecule has 0 fully saturated rings. The Morgan fingerprint density at radius 2 is 1.86 bits per heavy atom. The van der Waals surface area contributed by atoms with E-state index in [9.17, 15) is 0 Å². The minimum Gasteiger partial charge on any atom is -0.0784 e. The van der Waals surface area contributed by atoms with Gasteiger partial charge >= 0.3 is 0 Å². The van der Waals surface area contributed by atoms with Crippen LogP contribution < -0.4 is 0 Å². The standard InChI is InChI=1S/C11H6Cl3/c12-11(13,14)10-6-5-8-3-1-2-4-9(8)7-10/h1-2,4-7H. The van der Waals surface area contributed by atoms with E-state index >= 15 is 0 Å². The number of rotatable bonds is 0.